The lowest BCUT2D eigenvalue weighted by Gasteiger charge is -2.18. The maximum Gasteiger partial charge on any atom is 0.140 e. The molecule has 0 unspecified atom stereocenters. The molecule has 0 amide bonds. The molecule has 0 saturated heterocycles. The molecule has 4 nitrogen and oxygen atoms in total. The molecular formula is C23H28N4. The van der Waals surface area contributed by atoms with Crippen molar-refractivity contribution in [1.29, 1.82) is 0 Å². The molecule has 0 aliphatic heterocycles. The highest BCUT2D eigenvalue weighted by molar-refractivity contribution is 5.89. The Morgan fingerprint density at radius 2 is 1.67 bits per heavy atom. The summed E-state index contributed by atoms with van der Waals surface area (Å²) in [5.74, 6) is 0. The van der Waals surface area contributed by atoms with Gasteiger partial charge in [-0.3, -0.25) is 4.98 Å². The summed E-state index contributed by atoms with van der Waals surface area (Å²) in [7, 11) is 2.07. The molecule has 140 valence electrons. The van der Waals surface area contributed by atoms with Crippen molar-refractivity contribution in [2.45, 2.75) is 52.4 Å². The zero-order chi connectivity index (χ0) is 19.6. The quantitative estimate of drug-likeness (QED) is 0.472. The molecule has 4 aromatic rings. The lowest BCUT2D eigenvalue weighted by molar-refractivity contribution is 0.575. The number of aromatic amines is 1. The van der Waals surface area contributed by atoms with E-state index in [4.69, 9.17) is 4.98 Å². The van der Waals surface area contributed by atoms with Crippen LogP contribution < -0.4 is 0 Å². The molecule has 0 aliphatic carbocycles. The second-order valence-electron chi connectivity index (χ2n) is 9.53. The van der Waals surface area contributed by atoms with Gasteiger partial charge in [0.1, 0.15) is 5.65 Å². The Hall–Kier alpha value is -2.62. The molecule has 0 radical (unpaired) electrons. The standard InChI is InChI=1S/C23H28N4/c1-22(2,3)16-13-27(7)21-14(16)8-9-18(26-21)19-12-15-17(25-19)10-11-24-20(15)23(4,5)6/h8-13,25H,1-7H3. The molecule has 0 aromatic carbocycles. The fourth-order valence-electron chi connectivity index (χ4n) is 3.79. The fourth-order valence-corrected chi connectivity index (χ4v) is 3.79. The Balaban J connectivity index is 1.89. The van der Waals surface area contributed by atoms with Crippen molar-refractivity contribution in [3.63, 3.8) is 0 Å². The van der Waals surface area contributed by atoms with Crippen LogP contribution in [0.3, 0.4) is 0 Å². The molecule has 0 atom stereocenters. The number of aryl methyl sites for hydroxylation is 1. The lowest BCUT2D eigenvalue weighted by Crippen LogP contribution is -2.13. The highest BCUT2D eigenvalue weighted by Crippen LogP contribution is 2.34. The topological polar surface area (TPSA) is 46.5 Å². The summed E-state index contributed by atoms with van der Waals surface area (Å²) >= 11 is 0. The van der Waals surface area contributed by atoms with E-state index in [1.807, 2.05) is 12.3 Å². The van der Waals surface area contributed by atoms with Crippen LogP contribution in [0.15, 0.2) is 36.7 Å². The Labute approximate surface area is 160 Å². The minimum Gasteiger partial charge on any atom is -0.353 e. The molecule has 0 aliphatic rings. The van der Waals surface area contributed by atoms with E-state index in [9.17, 15) is 0 Å². The van der Waals surface area contributed by atoms with Crippen LogP contribution in [0.1, 0.15) is 52.8 Å². The number of fused-ring (bicyclic) bond motifs is 2. The molecule has 0 spiro atoms. The van der Waals surface area contributed by atoms with E-state index in [2.05, 4.69) is 87.5 Å². The van der Waals surface area contributed by atoms with Crippen molar-refractivity contribution in [3.8, 4) is 11.4 Å². The summed E-state index contributed by atoms with van der Waals surface area (Å²) in [5, 5.41) is 2.39. The minimum atomic E-state index is -0.00388. The van der Waals surface area contributed by atoms with Gasteiger partial charge in [-0.25, -0.2) is 4.98 Å². The second kappa shape index (κ2) is 5.69. The van der Waals surface area contributed by atoms with E-state index >= 15 is 0 Å². The van der Waals surface area contributed by atoms with Gasteiger partial charge < -0.3 is 9.55 Å². The lowest BCUT2D eigenvalue weighted by atomic mass is 9.87. The van der Waals surface area contributed by atoms with Gasteiger partial charge in [0.15, 0.2) is 0 Å². The van der Waals surface area contributed by atoms with Gasteiger partial charge in [-0.1, -0.05) is 41.5 Å². The van der Waals surface area contributed by atoms with Gasteiger partial charge in [-0.2, -0.15) is 0 Å². The number of pyridine rings is 2. The summed E-state index contributed by atoms with van der Waals surface area (Å²) in [5.41, 5.74) is 6.64. The third-order valence-corrected chi connectivity index (χ3v) is 5.16. The number of nitrogens with one attached hydrogen (secondary N) is 1. The molecular weight excluding hydrogens is 332 g/mol. The van der Waals surface area contributed by atoms with E-state index in [1.165, 1.54) is 16.3 Å². The van der Waals surface area contributed by atoms with Gasteiger partial charge >= 0.3 is 0 Å². The molecule has 0 bridgehead atoms. The second-order valence-corrected chi connectivity index (χ2v) is 9.53. The molecule has 0 fully saturated rings. The smallest absolute Gasteiger partial charge is 0.140 e. The predicted molar refractivity (Wildman–Crippen MR) is 113 cm³/mol. The first-order chi connectivity index (χ1) is 12.6. The number of H-pyrrole nitrogens is 1. The highest BCUT2D eigenvalue weighted by Gasteiger charge is 2.22. The molecule has 27 heavy (non-hydrogen) atoms. The first kappa shape index (κ1) is 17.8. The average Bonchev–Trinajstić information content (AvgIpc) is 3.14. The Kier molecular flexibility index (Phi) is 3.74. The predicted octanol–water partition coefficient (Wildman–Crippen LogP) is 5.71. The largest absolute Gasteiger partial charge is 0.353 e. The van der Waals surface area contributed by atoms with Crippen molar-refractivity contribution in [1.82, 2.24) is 19.5 Å². The summed E-state index contributed by atoms with van der Waals surface area (Å²) < 4.78 is 2.13. The monoisotopic (exact) mass is 360 g/mol. The van der Waals surface area contributed by atoms with Gasteiger partial charge in [-0.05, 0) is 35.2 Å². The highest BCUT2D eigenvalue weighted by atomic mass is 15.0. The zero-order valence-corrected chi connectivity index (χ0v) is 17.3. The van der Waals surface area contributed by atoms with E-state index in [-0.39, 0.29) is 10.8 Å². The van der Waals surface area contributed by atoms with Gasteiger partial charge in [0, 0.05) is 41.1 Å². The number of hydrogen-bond acceptors (Lipinski definition) is 2. The van der Waals surface area contributed by atoms with Gasteiger partial charge in [-0.15, -0.1) is 0 Å². The van der Waals surface area contributed by atoms with Crippen LogP contribution >= 0.6 is 0 Å². The summed E-state index contributed by atoms with van der Waals surface area (Å²) in [6.07, 6.45) is 4.08. The zero-order valence-electron chi connectivity index (χ0n) is 17.3. The molecule has 1 N–H and O–H groups in total. The SMILES string of the molecule is Cn1cc(C(C)(C)C)c2ccc(-c3cc4c(C(C)(C)C)nccc4[nH]3)nc21. The summed E-state index contributed by atoms with van der Waals surface area (Å²) in [4.78, 5) is 13.1. The van der Waals surface area contributed by atoms with Crippen molar-refractivity contribution in [2.24, 2.45) is 7.05 Å². The third kappa shape index (κ3) is 2.93. The van der Waals surface area contributed by atoms with Crippen molar-refractivity contribution in [2.75, 3.05) is 0 Å². The van der Waals surface area contributed by atoms with E-state index in [1.54, 1.807) is 0 Å². The fraction of sp³-hybridized carbons (Fsp3) is 0.391. The maximum absolute atomic E-state index is 4.98. The van der Waals surface area contributed by atoms with E-state index < -0.39 is 0 Å². The third-order valence-electron chi connectivity index (χ3n) is 5.16. The first-order valence-electron chi connectivity index (χ1n) is 9.51. The van der Waals surface area contributed by atoms with Crippen LogP contribution in [0.25, 0.3) is 33.3 Å². The van der Waals surface area contributed by atoms with Crippen molar-refractivity contribution < 1.29 is 0 Å². The summed E-state index contributed by atoms with van der Waals surface area (Å²) in [6, 6.07) is 8.54. The first-order valence-corrected chi connectivity index (χ1v) is 9.51. The van der Waals surface area contributed by atoms with E-state index in [0.29, 0.717) is 0 Å². The van der Waals surface area contributed by atoms with Crippen LogP contribution in [-0.2, 0) is 17.9 Å². The molecule has 4 aromatic heterocycles. The minimum absolute atomic E-state index is 0.00388. The van der Waals surface area contributed by atoms with Gasteiger partial charge in [0.25, 0.3) is 0 Å². The molecule has 0 saturated carbocycles. The Bertz CT molecular complexity index is 1150. The summed E-state index contributed by atoms with van der Waals surface area (Å²) in [6.45, 7) is 13.3. The van der Waals surface area contributed by atoms with Crippen LogP contribution in [0.4, 0.5) is 0 Å². The molecule has 4 heterocycles. The van der Waals surface area contributed by atoms with Crippen molar-refractivity contribution in [3.05, 3.63) is 47.9 Å². The number of nitrogens with zero attached hydrogens (tertiary/aromatic N) is 3. The number of hydrogen-bond donors (Lipinski definition) is 1. The van der Waals surface area contributed by atoms with Gasteiger partial charge in [0.2, 0.25) is 0 Å². The maximum atomic E-state index is 4.98. The number of rotatable bonds is 1. The van der Waals surface area contributed by atoms with Gasteiger partial charge in [0.05, 0.1) is 17.1 Å². The average molecular weight is 361 g/mol. The molecule has 4 heteroatoms. The van der Waals surface area contributed by atoms with Crippen LogP contribution in [0, 0.1) is 0 Å². The van der Waals surface area contributed by atoms with Crippen molar-refractivity contribution >= 4 is 21.9 Å². The van der Waals surface area contributed by atoms with E-state index in [0.717, 1.165) is 28.2 Å². The van der Waals surface area contributed by atoms with Crippen LogP contribution in [0.2, 0.25) is 0 Å². The Morgan fingerprint density at radius 1 is 0.926 bits per heavy atom. The molecule has 4 rings (SSSR count). The Morgan fingerprint density at radius 3 is 2.33 bits per heavy atom. The van der Waals surface area contributed by atoms with Crippen LogP contribution in [-0.4, -0.2) is 19.5 Å². The normalized spacial score (nSPS) is 13.0. The van der Waals surface area contributed by atoms with Crippen LogP contribution in [0.5, 0.6) is 0 Å². The number of aromatic nitrogens is 4.